The molecular formula is C11H11N5. The van der Waals surface area contributed by atoms with Crippen molar-refractivity contribution in [2.45, 2.75) is 13.5 Å². The predicted octanol–water partition coefficient (Wildman–Crippen LogP) is 1.91. The average molecular weight is 213 g/mol. The first-order valence-corrected chi connectivity index (χ1v) is 4.98. The van der Waals surface area contributed by atoms with Gasteiger partial charge in [-0.2, -0.15) is 10.4 Å². The largest absolute Gasteiger partial charge is 0.351 e. The summed E-state index contributed by atoms with van der Waals surface area (Å²) in [5.74, 6) is 0. The lowest BCUT2D eigenvalue weighted by atomic mass is 10.3. The molecule has 0 aromatic carbocycles. The topological polar surface area (TPSA) is 66.5 Å². The van der Waals surface area contributed by atoms with Crippen LogP contribution in [0.3, 0.4) is 0 Å². The zero-order chi connectivity index (χ0) is 11.4. The van der Waals surface area contributed by atoms with Crippen molar-refractivity contribution in [3.63, 3.8) is 0 Å². The standard InChI is InChI=1S/C11H11N5/c1-2-16-8-9(7-14-16)15-10-4-3-5-13-11(10)6-12/h3-5,7-8,15H,2H2,1H3. The number of hydrogen-bond donors (Lipinski definition) is 1. The summed E-state index contributed by atoms with van der Waals surface area (Å²) in [6.45, 7) is 2.83. The number of nitriles is 1. The maximum atomic E-state index is 8.87. The third-order valence-corrected chi connectivity index (χ3v) is 2.15. The summed E-state index contributed by atoms with van der Waals surface area (Å²) < 4.78 is 1.81. The van der Waals surface area contributed by atoms with Crippen LogP contribution in [0.5, 0.6) is 0 Å². The molecule has 0 radical (unpaired) electrons. The molecule has 80 valence electrons. The number of aryl methyl sites for hydroxylation is 1. The van der Waals surface area contributed by atoms with Crippen molar-refractivity contribution in [2.24, 2.45) is 0 Å². The normalized spacial score (nSPS) is 9.75. The molecule has 2 rings (SSSR count). The van der Waals surface area contributed by atoms with Gasteiger partial charge in [-0.1, -0.05) is 0 Å². The van der Waals surface area contributed by atoms with Crippen molar-refractivity contribution >= 4 is 11.4 Å². The van der Waals surface area contributed by atoms with Gasteiger partial charge in [0.25, 0.3) is 0 Å². The Morgan fingerprint density at radius 2 is 2.44 bits per heavy atom. The van der Waals surface area contributed by atoms with Crippen LogP contribution < -0.4 is 5.32 Å². The minimum atomic E-state index is 0.381. The average Bonchev–Trinajstić information content (AvgIpc) is 2.77. The molecule has 5 heteroatoms. The van der Waals surface area contributed by atoms with Gasteiger partial charge in [0.05, 0.1) is 17.6 Å². The minimum Gasteiger partial charge on any atom is -0.351 e. The van der Waals surface area contributed by atoms with Gasteiger partial charge in [-0.3, -0.25) is 4.68 Å². The molecule has 0 unspecified atom stereocenters. The number of pyridine rings is 1. The Kier molecular flexibility index (Phi) is 2.83. The van der Waals surface area contributed by atoms with E-state index in [2.05, 4.69) is 15.4 Å². The van der Waals surface area contributed by atoms with Crippen molar-refractivity contribution in [2.75, 3.05) is 5.32 Å². The molecule has 5 nitrogen and oxygen atoms in total. The van der Waals surface area contributed by atoms with E-state index >= 15 is 0 Å². The Bertz CT molecular complexity index is 523. The SMILES string of the molecule is CCn1cc(Nc2cccnc2C#N)cn1. The van der Waals surface area contributed by atoms with E-state index in [-0.39, 0.29) is 0 Å². The van der Waals surface area contributed by atoms with Gasteiger partial charge >= 0.3 is 0 Å². The van der Waals surface area contributed by atoms with E-state index in [9.17, 15) is 0 Å². The summed E-state index contributed by atoms with van der Waals surface area (Å²) in [5, 5.41) is 16.1. The third-order valence-electron chi connectivity index (χ3n) is 2.15. The van der Waals surface area contributed by atoms with Crippen LogP contribution in [-0.4, -0.2) is 14.8 Å². The molecule has 0 amide bonds. The van der Waals surface area contributed by atoms with Crippen LogP contribution in [-0.2, 0) is 6.54 Å². The molecule has 1 N–H and O–H groups in total. The molecule has 0 atom stereocenters. The van der Waals surface area contributed by atoms with E-state index in [1.807, 2.05) is 29.9 Å². The summed E-state index contributed by atoms with van der Waals surface area (Å²) in [5.41, 5.74) is 1.93. The van der Waals surface area contributed by atoms with E-state index in [0.717, 1.165) is 12.2 Å². The van der Waals surface area contributed by atoms with Crippen LogP contribution in [0.25, 0.3) is 0 Å². The van der Waals surface area contributed by atoms with Gasteiger partial charge in [-0.25, -0.2) is 4.98 Å². The Morgan fingerprint density at radius 3 is 3.12 bits per heavy atom. The van der Waals surface area contributed by atoms with Crippen LogP contribution in [0.1, 0.15) is 12.6 Å². The second-order valence-corrected chi connectivity index (χ2v) is 3.22. The molecule has 0 bridgehead atoms. The third kappa shape index (κ3) is 2.01. The monoisotopic (exact) mass is 213 g/mol. The molecule has 2 heterocycles. The van der Waals surface area contributed by atoms with Crippen LogP contribution >= 0.6 is 0 Å². The van der Waals surface area contributed by atoms with Gasteiger partial charge in [0.1, 0.15) is 6.07 Å². The van der Waals surface area contributed by atoms with E-state index < -0.39 is 0 Å². The lowest BCUT2D eigenvalue weighted by Crippen LogP contribution is -1.95. The molecule has 2 aromatic heterocycles. The van der Waals surface area contributed by atoms with Crippen molar-refractivity contribution in [1.82, 2.24) is 14.8 Å². The first-order valence-electron chi connectivity index (χ1n) is 4.98. The van der Waals surface area contributed by atoms with Crippen molar-refractivity contribution in [1.29, 1.82) is 5.26 Å². The molecule has 0 saturated carbocycles. The van der Waals surface area contributed by atoms with Crippen LogP contribution in [0.4, 0.5) is 11.4 Å². The van der Waals surface area contributed by atoms with Crippen molar-refractivity contribution < 1.29 is 0 Å². The minimum absolute atomic E-state index is 0.381. The first-order chi connectivity index (χ1) is 7.83. The van der Waals surface area contributed by atoms with E-state index in [1.165, 1.54) is 0 Å². The Balaban J connectivity index is 2.24. The molecule has 2 aromatic rings. The first kappa shape index (κ1) is 10.2. The van der Waals surface area contributed by atoms with Gasteiger partial charge in [0, 0.05) is 18.9 Å². The fourth-order valence-corrected chi connectivity index (χ4v) is 1.35. The van der Waals surface area contributed by atoms with Crippen LogP contribution in [0, 0.1) is 11.3 Å². The highest BCUT2D eigenvalue weighted by Gasteiger charge is 2.03. The molecule has 0 aliphatic heterocycles. The quantitative estimate of drug-likeness (QED) is 0.845. The molecular weight excluding hydrogens is 202 g/mol. The number of aromatic nitrogens is 3. The number of nitrogens with one attached hydrogen (secondary N) is 1. The summed E-state index contributed by atoms with van der Waals surface area (Å²) in [4.78, 5) is 3.97. The zero-order valence-corrected chi connectivity index (χ0v) is 8.88. The van der Waals surface area contributed by atoms with Crippen LogP contribution in [0.15, 0.2) is 30.7 Å². The fraction of sp³-hybridized carbons (Fsp3) is 0.182. The summed E-state index contributed by atoms with van der Waals surface area (Å²) >= 11 is 0. The summed E-state index contributed by atoms with van der Waals surface area (Å²) in [6.07, 6.45) is 5.20. The van der Waals surface area contributed by atoms with Crippen molar-refractivity contribution in [3.8, 4) is 6.07 Å². The lowest BCUT2D eigenvalue weighted by Gasteiger charge is -2.03. The lowest BCUT2D eigenvalue weighted by molar-refractivity contribution is 0.660. The second kappa shape index (κ2) is 4.45. The fourth-order valence-electron chi connectivity index (χ4n) is 1.35. The Morgan fingerprint density at radius 1 is 1.56 bits per heavy atom. The molecule has 0 spiro atoms. The molecule has 0 aliphatic rings. The number of rotatable bonds is 3. The van der Waals surface area contributed by atoms with Crippen LogP contribution in [0.2, 0.25) is 0 Å². The van der Waals surface area contributed by atoms with Gasteiger partial charge in [-0.15, -0.1) is 0 Å². The molecule has 0 saturated heterocycles. The summed E-state index contributed by atoms with van der Waals surface area (Å²) in [7, 11) is 0. The predicted molar refractivity (Wildman–Crippen MR) is 60.1 cm³/mol. The van der Waals surface area contributed by atoms with Crippen molar-refractivity contribution in [3.05, 3.63) is 36.4 Å². The molecule has 0 fully saturated rings. The zero-order valence-electron chi connectivity index (χ0n) is 8.88. The smallest absolute Gasteiger partial charge is 0.163 e. The summed E-state index contributed by atoms with van der Waals surface area (Å²) in [6, 6.07) is 5.64. The highest BCUT2D eigenvalue weighted by atomic mass is 15.3. The Labute approximate surface area is 93.4 Å². The van der Waals surface area contributed by atoms with E-state index in [4.69, 9.17) is 5.26 Å². The number of anilines is 2. The van der Waals surface area contributed by atoms with E-state index in [0.29, 0.717) is 11.4 Å². The van der Waals surface area contributed by atoms with Gasteiger partial charge in [0.15, 0.2) is 5.69 Å². The molecule has 0 aliphatic carbocycles. The second-order valence-electron chi connectivity index (χ2n) is 3.22. The maximum absolute atomic E-state index is 8.87. The Hall–Kier alpha value is -2.35. The number of hydrogen-bond acceptors (Lipinski definition) is 4. The molecule has 16 heavy (non-hydrogen) atoms. The van der Waals surface area contributed by atoms with Gasteiger partial charge in [0.2, 0.25) is 0 Å². The van der Waals surface area contributed by atoms with Gasteiger partial charge in [-0.05, 0) is 19.1 Å². The van der Waals surface area contributed by atoms with E-state index in [1.54, 1.807) is 18.5 Å². The highest BCUT2D eigenvalue weighted by molar-refractivity contribution is 5.63. The maximum Gasteiger partial charge on any atom is 0.163 e. The number of nitrogens with zero attached hydrogens (tertiary/aromatic N) is 4. The van der Waals surface area contributed by atoms with Gasteiger partial charge < -0.3 is 5.32 Å². The highest BCUT2D eigenvalue weighted by Crippen LogP contribution is 2.17.